The minimum atomic E-state index is -0.727. The van der Waals surface area contributed by atoms with Crippen molar-refractivity contribution in [1.82, 2.24) is 19.8 Å². The summed E-state index contributed by atoms with van der Waals surface area (Å²) < 4.78 is 26.6. The number of urea groups is 1. The summed E-state index contributed by atoms with van der Waals surface area (Å²) in [5.74, 6) is 0.303. The Morgan fingerprint density at radius 2 is 1.37 bits per heavy atom. The third-order valence-corrected chi connectivity index (χ3v) is 5.47. The Kier molecular flexibility index (Phi) is 5.93. The second-order valence-electron chi connectivity index (χ2n) is 7.59. The molecular formula is C20H25F2N7O. The molecule has 2 aliphatic heterocycles. The molecule has 2 amide bonds. The van der Waals surface area contributed by atoms with E-state index in [1.165, 1.54) is 0 Å². The van der Waals surface area contributed by atoms with Crippen LogP contribution in [0, 0.1) is 11.6 Å². The average Bonchev–Trinajstić information content (AvgIpc) is 2.74. The van der Waals surface area contributed by atoms with Crippen molar-refractivity contribution < 1.29 is 13.6 Å². The van der Waals surface area contributed by atoms with E-state index < -0.39 is 11.6 Å². The summed E-state index contributed by atoms with van der Waals surface area (Å²) in [6.07, 6.45) is 1.58. The van der Waals surface area contributed by atoms with Crippen LogP contribution in [0.25, 0.3) is 0 Å². The second kappa shape index (κ2) is 8.78. The molecule has 0 unspecified atom stereocenters. The highest BCUT2D eigenvalue weighted by Crippen LogP contribution is 2.20. The highest BCUT2D eigenvalue weighted by atomic mass is 19.1. The van der Waals surface area contributed by atoms with Gasteiger partial charge in [0.15, 0.2) is 0 Å². The summed E-state index contributed by atoms with van der Waals surface area (Å²) >= 11 is 0. The van der Waals surface area contributed by atoms with E-state index in [9.17, 15) is 13.6 Å². The quantitative estimate of drug-likeness (QED) is 0.823. The van der Waals surface area contributed by atoms with Gasteiger partial charge in [-0.2, -0.15) is 0 Å². The maximum atomic E-state index is 13.3. The Morgan fingerprint density at radius 1 is 0.833 bits per heavy atom. The fraction of sp³-hybridized carbons (Fsp3) is 0.450. The molecule has 1 aromatic carbocycles. The van der Waals surface area contributed by atoms with Crippen molar-refractivity contribution in [3.05, 3.63) is 42.2 Å². The third-order valence-electron chi connectivity index (χ3n) is 5.47. The zero-order valence-corrected chi connectivity index (χ0v) is 16.9. The molecule has 0 atom stereocenters. The van der Waals surface area contributed by atoms with Crippen LogP contribution in [0.15, 0.2) is 30.6 Å². The van der Waals surface area contributed by atoms with Crippen LogP contribution < -0.4 is 15.1 Å². The first-order chi connectivity index (χ1) is 14.5. The van der Waals surface area contributed by atoms with E-state index in [0.717, 1.165) is 56.0 Å². The number of nitrogens with zero attached hydrogens (tertiary/aromatic N) is 6. The monoisotopic (exact) mass is 417 g/mol. The fourth-order valence-corrected chi connectivity index (χ4v) is 3.69. The number of benzene rings is 1. The number of nitrogens with one attached hydrogen (secondary N) is 1. The first kappa shape index (κ1) is 20.3. The molecule has 0 aliphatic carbocycles. The number of hydrogen-bond acceptors (Lipinski definition) is 6. The number of halogens is 2. The van der Waals surface area contributed by atoms with Gasteiger partial charge in [-0.05, 0) is 19.2 Å². The number of aromatic nitrogens is 2. The van der Waals surface area contributed by atoms with Gasteiger partial charge in [-0.25, -0.2) is 23.5 Å². The lowest BCUT2D eigenvalue weighted by molar-refractivity contribution is 0.208. The molecule has 2 fully saturated rings. The van der Waals surface area contributed by atoms with E-state index in [-0.39, 0.29) is 11.7 Å². The molecule has 3 heterocycles. The predicted molar refractivity (Wildman–Crippen MR) is 111 cm³/mol. The maximum Gasteiger partial charge on any atom is 0.321 e. The summed E-state index contributed by atoms with van der Waals surface area (Å²) in [5, 5.41) is 2.56. The van der Waals surface area contributed by atoms with Gasteiger partial charge in [-0.3, -0.25) is 0 Å². The van der Waals surface area contributed by atoms with E-state index in [1.54, 1.807) is 11.2 Å². The predicted octanol–water partition coefficient (Wildman–Crippen LogP) is 1.86. The fourth-order valence-electron chi connectivity index (χ4n) is 3.69. The molecule has 0 radical (unpaired) electrons. The largest absolute Gasteiger partial charge is 0.354 e. The van der Waals surface area contributed by atoms with Crippen LogP contribution in [0.1, 0.15) is 0 Å². The van der Waals surface area contributed by atoms with Gasteiger partial charge in [-0.1, -0.05) is 0 Å². The van der Waals surface area contributed by atoms with Crippen molar-refractivity contribution in [2.45, 2.75) is 0 Å². The highest BCUT2D eigenvalue weighted by molar-refractivity contribution is 5.89. The lowest BCUT2D eigenvalue weighted by atomic mass is 10.3. The maximum absolute atomic E-state index is 13.3. The van der Waals surface area contributed by atoms with Crippen LogP contribution >= 0.6 is 0 Å². The molecule has 1 aromatic heterocycles. The van der Waals surface area contributed by atoms with E-state index in [2.05, 4.69) is 37.0 Å². The molecule has 30 heavy (non-hydrogen) atoms. The van der Waals surface area contributed by atoms with Gasteiger partial charge in [0, 0.05) is 70.2 Å². The van der Waals surface area contributed by atoms with Gasteiger partial charge >= 0.3 is 6.03 Å². The van der Waals surface area contributed by atoms with Crippen LogP contribution in [0.5, 0.6) is 0 Å². The van der Waals surface area contributed by atoms with Crippen molar-refractivity contribution in [2.75, 3.05) is 74.5 Å². The second-order valence-corrected chi connectivity index (χ2v) is 7.59. The first-order valence-electron chi connectivity index (χ1n) is 10.0. The number of likely N-dealkylation sites (N-methyl/N-ethyl adjacent to an activating group) is 1. The molecule has 2 aromatic rings. The van der Waals surface area contributed by atoms with Crippen molar-refractivity contribution in [1.29, 1.82) is 0 Å². The lowest BCUT2D eigenvalue weighted by Crippen LogP contribution is -2.50. The van der Waals surface area contributed by atoms with Gasteiger partial charge in [-0.15, -0.1) is 0 Å². The number of hydrogen-bond donors (Lipinski definition) is 1. The zero-order valence-electron chi connectivity index (χ0n) is 16.9. The van der Waals surface area contributed by atoms with Crippen LogP contribution in [0.4, 0.5) is 30.9 Å². The Bertz CT molecular complexity index is 876. The van der Waals surface area contributed by atoms with Crippen molar-refractivity contribution in [3.8, 4) is 0 Å². The number of anilines is 3. The number of piperazine rings is 2. The molecule has 10 heteroatoms. The average molecular weight is 417 g/mol. The van der Waals surface area contributed by atoms with Gasteiger partial charge in [0.1, 0.15) is 29.6 Å². The summed E-state index contributed by atoms with van der Waals surface area (Å²) in [6, 6.07) is 4.58. The zero-order chi connectivity index (χ0) is 21.1. The number of amides is 2. The third kappa shape index (κ3) is 4.76. The summed E-state index contributed by atoms with van der Waals surface area (Å²) in [7, 11) is 2.11. The van der Waals surface area contributed by atoms with Crippen LogP contribution in [-0.4, -0.2) is 85.2 Å². The lowest BCUT2D eigenvalue weighted by Gasteiger charge is -2.36. The van der Waals surface area contributed by atoms with Crippen LogP contribution in [-0.2, 0) is 0 Å². The van der Waals surface area contributed by atoms with Crippen molar-refractivity contribution in [2.24, 2.45) is 0 Å². The van der Waals surface area contributed by atoms with Crippen LogP contribution in [0.2, 0.25) is 0 Å². The summed E-state index contributed by atoms with van der Waals surface area (Å²) in [6.45, 7) is 6.07. The van der Waals surface area contributed by atoms with Crippen LogP contribution in [0.3, 0.4) is 0 Å². The van der Waals surface area contributed by atoms with Gasteiger partial charge in [0.05, 0.1) is 0 Å². The molecule has 0 saturated carbocycles. The molecule has 8 nitrogen and oxygen atoms in total. The molecule has 1 N–H and O–H groups in total. The molecule has 2 saturated heterocycles. The topological polar surface area (TPSA) is 67.8 Å². The van der Waals surface area contributed by atoms with E-state index >= 15 is 0 Å². The van der Waals surface area contributed by atoms with Crippen molar-refractivity contribution >= 4 is 23.4 Å². The van der Waals surface area contributed by atoms with Crippen molar-refractivity contribution in [3.63, 3.8) is 0 Å². The summed E-state index contributed by atoms with van der Waals surface area (Å²) in [4.78, 5) is 29.6. The molecular weight excluding hydrogens is 392 g/mol. The van der Waals surface area contributed by atoms with Gasteiger partial charge in [0.25, 0.3) is 0 Å². The van der Waals surface area contributed by atoms with Gasteiger partial charge < -0.3 is 24.9 Å². The normalized spacial score (nSPS) is 17.9. The Morgan fingerprint density at radius 3 is 1.93 bits per heavy atom. The number of carbonyl (C=O) groups is 1. The standard InChI is InChI=1S/C20H25F2N7O/c1-26-2-4-27(5-3-26)18-13-19(24-14-23-18)28-6-8-29(9-7-28)20(30)25-17-11-15(21)10-16(22)12-17/h10-14H,2-9H2,1H3,(H,25,30). The Balaban J connectivity index is 1.34. The minimum Gasteiger partial charge on any atom is -0.354 e. The highest BCUT2D eigenvalue weighted by Gasteiger charge is 2.23. The first-order valence-corrected chi connectivity index (χ1v) is 10.0. The van der Waals surface area contributed by atoms with Gasteiger partial charge in [0.2, 0.25) is 0 Å². The Labute approximate surface area is 174 Å². The van der Waals surface area contributed by atoms with E-state index in [1.807, 2.05) is 6.07 Å². The Hall–Kier alpha value is -3.01. The smallest absolute Gasteiger partial charge is 0.321 e. The minimum absolute atomic E-state index is 0.104. The summed E-state index contributed by atoms with van der Waals surface area (Å²) in [5.41, 5.74) is 0.104. The number of rotatable bonds is 3. The molecule has 4 rings (SSSR count). The molecule has 0 bridgehead atoms. The molecule has 0 spiro atoms. The molecule has 2 aliphatic rings. The van der Waals surface area contributed by atoms with E-state index in [4.69, 9.17) is 0 Å². The number of carbonyl (C=O) groups excluding carboxylic acids is 1. The SMILES string of the molecule is CN1CCN(c2cc(N3CCN(C(=O)Nc4cc(F)cc(F)c4)CC3)ncn2)CC1. The molecule has 160 valence electrons. The van der Waals surface area contributed by atoms with E-state index in [0.29, 0.717) is 26.2 Å².